The third-order valence-electron chi connectivity index (χ3n) is 1.61. The SMILES string of the molecule is N=C(N)C(O)c1ccc(O)c(O)c1. The van der Waals surface area contributed by atoms with E-state index in [-0.39, 0.29) is 17.1 Å². The number of aliphatic hydroxyl groups is 1. The molecule has 13 heavy (non-hydrogen) atoms. The number of aromatic hydroxyl groups is 2. The topological polar surface area (TPSA) is 111 Å². The van der Waals surface area contributed by atoms with Gasteiger partial charge in [-0.1, -0.05) is 6.07 Å². The third kappa shape index (κ3) is 1.88. The van der Waals surface area contributed by atoms with E-state index in [1.54, 1.807) is 0 Å². The molecule has 1 rings (SSSR count). The van der Waals surface area contributed by atoms with E-state index >= 15 is 0 Å². The number of benzene rings is 1. The van der Waals surface area contributed by atoms with Crippen LogP contribution in [0.5, 0.6) is 11.5 Å². The molecule has 0 saturated carbocycles. The number of phenols is 2. The van der Waals surface area contributed by atoms with E-state index in [9.17, 15) is 5.11 Å². The molecule has 1 aromatic rings. The predicted molar refractivity (Wildman–Crippen MR) is 46.6 cm³/mol. The molecule has 0 aromatic heterocycles. The maximum Gasteiger partial charge on any atom is 0.157 e. The second-order valence-electron chi connectivity index (χ2n) is 2.61. The first-order valence-electron chi connectivity index (χ1n) is 3.56. The number of amidine groups is 1. The molecule has 0 amide bonds. The van der Waals surface area contributed by atoms with Crippen LogP contribution >= 0.6 is 0 Å². The second kappa shape index (κ2) is 3.32. The molecular formula is C8H10N2O3. The molecule has 70 valence electrons. The Morgan fingerprint density at radius 3 is 2.38 bits per heavy atom. The lowest BCUT2D eigenvalue weighted by atomic mass is 10.1. The molecule has 0 saturated heterocycles. The minimum Gasteiger partial charge on any atom is -0.504 e. The van der Waals surface area contributed by atoms with Crippen LogP contribution in [-0.4, -0.2) is 21.2 Å². The van der Waals surface area contributed by atoms with E-state index < -0.39 is 11.9 Å². The maximum atomic E-state index is 9.27. The molecule has 5 heteroatoms. The first-order valence-corrected chi connectivity index (χ1v) is 3.56. The molecule has 0 aliphatic heterocycles. The summed E-state index contributed by atoms with van der Waals surface area (Å²) in [5, 5.41) is 34.2. The van der Waals surface area contributed by atoms with Crippen LogP contribution in [0.1, 0.15) is 11.7 Å². The molecule has 5 nitrogen and oxygen atoms in total. The lowest BCUT2D eigenvalue weighted by Crippen LogP contribution is -2.19. The monoisotopic (exact) mass is 182 g/mol. The van der Waals surface area contributed by atoms with Gasteiger partial charge in [-0.05, 0) is 17.7 Å². The fourth-order valence-corrected chi connectivity index (χ4v) is 0.890. The van der Waals surface area contributed by atoms with Crippen molar-refractivity contribution in [2.75, 3.05) is 0 Å². The molecule has 0 fully saturated rings. The van der Waals surface area contributed by atoms with Gasteiger partial charge in [0, 0.05) is 0 Å². The van der Waals surface area contributed by atoms with Gasteiger partial charge in [-0.3, -0.25) is 5.41 Å². The number of rotatable bonds is 2. The number of hydrogen-bond acceptors (Lipinski definition) is 4. The summed E-state index contributed by atoms with van der Waals surface area (Å²) in [6.07, 6.45) is -1.24. The van der Waals surface area contributed by atoms with E-state index in [2.05, 4.69) is 0 Å². The summed E-state index contributed by atoms with van der Waals surface area (Å²) in [4.78, 5) is 0. The van der Waals surface area contributed by atoms with Crippen molar-refractivity contribution in [3.05, 3.63) is 23.8 Å². The highest BCUT2D eigenvalue weighted by Crippen LogP contribution is 2.27. The highest BCUT2D eigenvalue weighted by Gasteiger charge is 2.12. The van der Waals surface area contributed by atoms with Gasteiger partial charge in [0.25, 0.3) is 0 Å². The Labute approximate surface area is 74.6 Å². The van der Waals surface area contributed by atoms with Crippen LogP contribution in [0.3, 0.4) is 0 Å². The second-order valence-corrected chi connectivity index (χ2v) is 2.61. The molecule has 0 aliphatic rings. The van der Waals surface area contributed by atoms with E-state index in [4.69, 9.17) is 21.4 Å². The highest BCUT2D eigenvalue weighted by molar-refractivity contribution is 5.83. The van der Waals surface area contributed by atoms with Crippen LogP contribution in [0.4, 0.5) is 0 Å². The first-order chi connectivity index (χ1) is 6.02. The number of phenolic OH excluding ortho intramolecular Hbond substituents is 2. The van der Waals surface area contributed by atoms with Gasteiger partial charge >= 0.3 is 0 Å². The zero-order valence-electron chi connectivity index (χ0n) is 6.73. The summed E-state index contributed by atoms with van der Waals surface area (Å²) >= 11 is 0. The van der Waals surface area contributed by atoms with Crippen molar-refractivity contribution in [3.63, 3.8) is 0 Å². The van der Waals surface area contributed by atoms with Gasteiger partial charge in [-0.25, -0.2) is 0 Å². The van der Waals surface area contributed by atoms with Crippen LogP contribution in [0.2, 0.25) is 0 Å². The number of nitrogens with one attached hydrogen (secondary N) is 1. The van der Waals surface area contributed by atoms with Gasteiger partial charge in [0.15, 0.2) is 11.5 Å². The molecule has 6 N–H and O–H groups in total. The van der Waals surface area contributed by atoms with Gasteiger partial charge in [0.1, 0.15) is 11.9 Å². The summed E-state index contributed by atoms with van der Waals surface area (Å²) in [7, 11) is 0. The zero-order chi connectivity index (χ0) is 10.0. The average Bonchev–Trinajstić information content (AvgIpc) is 2.08. The van der Waals surface area contributed by atoms with Crippen LogP contribution in [0.15, 0.2) is 18.2 Å². The van der Waals surface area contributed by atoms with E-state index in [1.807, 2.05) is 0 Å². The Kier molecular flexibility index (Phi) is 2.39. The molecular weight excluding hydrogens is 172 g/mol. The number of hydrogen-bond donors (Lipinski definition) is 5. The van der Waals surface area contributed by atoms with Crippen molar-refractivity contribution in [2.24, 2.45) is 5.73 Å². The largest absolute Gasteiger partial charge is 0.504 e. The van der Waals surface area contributed by atoms with Crippen LogP contribution < -0.4 is 5.73 Å². The Morgan fingerprint density at radius 1 is 1.31 bits per heavy atom. The summed E-state index contributed by atoms with van der Waals surface area (Å²) in [5.41, 5.74) is 5.31. The standard InChI is InChI=1S/C8H10N2O3/c9-8(10)7(13)4-1-2-5(11)6(12)3-4/h1-3,7,11-13H,(H3,9,10). The Morgan fingerprint density at radius 2 is 1.92 bits per heavy atom. The fourth-order valence-electron chi connectivity index (χ4n) is 0.890. The third-order valence-corrected chi connectivity index (χ3v) is 1.61. The molecule has 0 heterocycles. The molecule has 0 radical (unpaired) electrons. The Hall–Kier alpha value is -1.75. The van der Waals surface area contributed by atoms with E-state index in [0.717, 1.165) is 6.07 Å². The van der Waals surface area contributed by atoms with Gasteiger partial charge in [-0.15, -0.1) is 0 Å². The molecule has 1 atom stereocenters. The first kappa shape index (κ1) is 9.34. The lowest BCUT2D eigenvalue weighted by molar-refractivity contribution is 0.244. The van der Waals surface area contributed by atoms with Crippen molar-refractivity contribution in [1.82, 2.24) is 0 Å². The van der Waals surface area contributed by atoms with Gasteiger partial charge in [0.05, 0.1) is 0 Å². The highest BCUT2D eigenvalue weighted by atomic mass is 16.3. The van der Waals surface area contributed by atoms with Crippen LogP contribution in [0, 0.1) is 5.41 Å². The van der Waals surface area contributed by atoms with Crippen LogP contribution in [-0.2, 0) is 0 Å². The van der Waals surface area contributed by atoms with Gasteiger partial charge < -0.3 is 21.1 Å². The van der Waals surface area contributed by atoms with Crippen molar-refractivity contribution in [3.8, 4) is 11.5 Å². The quantitative estimate of drug-likeness (QED) is 0.253. The summed E-state index contributed by atoms with van der Waals surface area (Å²) in [6.45, 7) is 0. The average molecular weight is 182 g/mol. The Bertz CT molecular complexity index is 338. The van der Waals surface area contributed by atoms with Gasteiger partial charge in [0.2, 0.25) is 0 Å². The lowest BCUT2D eigenvalue weighted by Gasteiger charge is -2.09. The van der Waals surface area contributed by atoms with Crippen molar-refractivity contribution in [2.45, 2.75) is 6.10 Å². The predicted octanol–water partition coefficient (Wildman–Crippen LogP) is 0.0672. The Balaban J connectivity index is 3.03. The minimum absolute atomic E-state index is 0.266. The van der Waals surface area contributed by atoms with E-state index in [1.165, 1.54) is 12.1 Å². The smallest absolute Gasteiger partial charge is 0.157 e. The molecule has 0 bridgehead atoms. The van der Waals surface area contributed by atoms with Crippen molar-refractivity contribution < 1.29 is 15.3 Å². The summed E-state index contributed by atoms with van der Waals surface area (Å²) < 4.78 is 0. The number of nitrogens with two attached hydrogens (primary N) is 1. The van der Waals surface area contributed by atoms with Crippen LogP contribution in [0.25, 0.3) is 0 Å². The maximum absolute atomic E-state index is 9.27. The summed E-state index contributed by atoms with van der Waals surface area (Å²) in [6, 6.07) is 3.75. The molecule has 0 spiro atoms. The van der Waals surface area contributed by atoms with E-state index in [0.29, 0.717) is 0 Å². The van der Waals surface area contributed by atoms with Crippen molar-refractivity contribution in [1.29, 1.82) is 5.41 Å². The zero-order valence-corrected chi connectivity index (χ0v) is 6.73. The fraction of sp³-hybridized carbons (Fsp3) is 0.125. The minimum atomic E-state index is -1.24. The molecule has 1 aromatic carbocycles. The summed E-state index contributed by atoms with van der Waals surface area (Å²) in [5.74, 6) is -1.04. The molecule has 1 unspecified atom stereocenters. The van der Waals surface area contributed by atoms with Crippen molar-refractivity contribution >= 4 is 5.84 Å². The molecule has 0 aliphatic carbocycles. The number of aliphatic hydroxyl groups excluding tert-OH is 1. The normalized spacial score (nSPS) is 12.4. The van der Waals surface area contributed by atoms with Gasteiger partial charge in [-0.2, -0.15) is 0 Å².